The van der Waals surface area contributed by atoms with Gasteiger partial charge in [-0.1, -0.05) is 11.8 Å². The third kappa shape index (κ3) is 1.90. The van der Waals surface area contributed by atoms with E-state index in [4.69, 9.17) is 0 Å². The van der Waals surface area contributed by atoms with Gasteiger partial charge in [-0.05, 0) is 19.8 Å². The quantitative estimate of drug-likeness (QED) is 0.662. The van der Waals surface area contributed by atoms with Gasteiger partial charge in [0.1, 0.15) is 0 Å². The molecule has 0 aliphatic carbocycles. The van der Waals surface area contributed by atoms with E-state index >= 15 is 0 Å². The van der Waals surface area contributed by atoms with Crippen LogP contribution in [0.4, 0.5) is 0 Å². The summed E-state index contributed by atoms with van der Waals surface area (Å²) >= 11 is 1.35. The molecule has 84 valence electrons. The van der Waals surface area contributed by atoms with E-state index in [0.717, 1.165) is 18.6 Å². The summed E-state index contributed by atoms with van der Waals surface area (Å²) in [7, 11) is 0. The fourth-order valence-corrected chi connectivity index (χ4v) is 3.30. The molecule has 2 saturated heterocycles. The lowest BCUT2D eigenvalue weighted by atomic mass is 9.77. The van der Waals surface area contributed by atoms with Crippen LogP contribution in [0, 0.1) is 11.8 Å². The maximum atomic E-state index is 11.6. The van der Waals surface area contributed by atoms with Gasteiger partial charge in [0.25, 0.3) is 0 Å². The average Bonchev–Trinajstić information content (AvgIpc) is 2.14. The van der Waals surface area contributed by atoms with Crippen LogP contribution < -0.4 is 5.32 Å². The Bertz CT molecular complexity index is 292. The van der Waals surface area contributed by atoms with Crippen molar-refractivity contribution in [1.82, 2.24) is 5.32 Å². The molecule has 2 aliphatic rings. The van der Waals surface area contributed by atoms with Crippen LogP contribution >= 0.6 is 11.8 Å². The van der Waals surface area contributed by atoms with E-state index in [2.05, 4.69) is 5.32 Å². The molecule has 1 amide bonds. The van der Waals surface area contributed by atoms with Crippen LogP contribution in [-0.4, -0.2) is 34.0 Å². The molecule has 0 saturated carbocycles. The van der Waals surface area contributed by atoms with Crippen LogP contribution in [0.3, 0.4) is 0 Å². The summed E-state index contributed by atoms with van der Waals surface area (Å²) in [6.07, 6.45) is 1.18. The number of carbonyl (C=O) groups is 2. The van der Waals surface area contributed by atoms with Gasteiger partial charge in [-0.15, -0.1) is 0 Å². The summed E-state index contributed by atoms with van der Waals surface area (Å²) < 4.78 is 0. The molecule has 5 heteroatoms. The summed E-state index contributed by atoms with van der Waals surface area (Å²) in [6, 6.07) is -0.141. The number of hydrogen-bond donors (Lipinski definition) is 2. The van der Waals surface area contributed by atoms with E-state index in [1.165, 1.54) is 11.8 Å². The van der Waals surface area contributed by atoms with Crippen LogP contribution in [-0.2, 0) is 9.59 Å². The van der Waals surface area contributed by atoms with Crippen LogP contribution in [0.2, 0.25) is 0 Å². The van der Waals surface area contributed by atoms with E-state index in [9.17, 15) is 14.7 Å². The molecule has 0 spiro atoms. The number of aliphatic hydroxyl groups is 1. The monoisotopic (exact) mass is 229 g/mol. The van der Waals surface area contributed by atoms with Crippen molar-refractivity contribution >= 4 is 22.8 Å². The lowest BCUT2D eigenvalue weighted by molar-refractivity contribution is -0.144. The van der Waals surface area contributed by atoms with E-state index in [0.29, 0.717) is 0 Å². The van der Waals surface area contributed by atoms with Crippen LogP contribution in [0.5, 0.6) is 0 Å². The van der Waals surface area contributed by atoms with Crippen molar-refractivity contribution in [3.05, 3.63) is 0 Å². The fourth-order valence-electron chi connectivity index (χ4n) is 2.31. The Morgan fingerprint density at radius 1 is 1.53 bits per heavy atom. The zero-order valence-corrected chi connectivity index (χ0v) is 9.42. The normalized spacial score (nSPS) is 38.1. The molecule has 4 atom stereocenters. The van der Waals surface area contributed by atoms with E-state index in [1.54, 1.807) is 6.92 Å². The second-order valence-corrected chi connectivity index (χ2v) is 5.32. The van der Waals surface area contributed by atoms with Gasteiger partial charge in [0.05, 0.1) is 18.1 Å². The smallest absolute Gasteiger partial charge is 0.228 e. The molecule has 2 fully saturated rings. The van der Waals surface area contributed by atoms with Crippen LogP contribution in [0.15, 0.2) is 0 Å². The van der Waals surface area contributed by atoms with Gasteiger partial charge in [-0.2, -0.15) is 0 Å². The van der Waals surface area contributed by atoms with Crippen molar-refractivity contribution in [2.75, 3.05) is 5.75 Å². The third-order valence-electron chi connectivity index (χ3n) is 3.16. The number of aliphatic hydroxyl groups excluding tert-OH is 1. The molecule has 2 aliphatic heterocycles. The molecule has 2 N–H and O–H groups in total. The Hall–Kier alpha value is -0.550. The molecule has 1 unspecified atom stereocenters. The molecule has 15 heavy (non-hydrogen) atoms. The lowest BCUT2D eigenvalue weighted by Gasteiger charge is -2.43. The van der Waals surface area contributed by atoms with Gasteiger partial charge < -0.3 is 10.4 Å². The summed E-state index contributed by atoms with van der Waals surface area (Å²) in [5, 5.41) is 12.4. The average molecular weight is 229 g/mol. The first-order valence-electron chi connectivity index (χ1n) is 5.26. The summed E-state index contributed by atoms with van der Waals surface area (Å²) in [5.74, 6) is 0.270. The summed E-state index contributed by atoms with van der Waals surface area (Å²) in [4.78, 5) is 22.9. The van der Waals surface area contributed by atoms with Crippen molar-refractivity contribution in [3.8, 4) is 0 Å². The van der Waals surface area contributed by atoms with Gasteiger partial charge in [-0.3, -0.25) is 9.59 Å². The predicted molar refractivity (Wildman–Crippen MR) is 57.3 cm³/mol. The van der Waals surface area contributed by atoms with E-state index in [1.807, 2.05) is 0 Å². The molecule has 0 aromatic heterocycles. The molecule has 2 heterocycles. The molecule has 2 rings (SSSR count). The Balaban J connectivity index is 2.04. The maximum Gasteiger partial charge on any atom is 0.228 e. The zero-order chi connectivity index (χ0) is 11.0. The standard InChI is InChI=1S/C10H15NO3S/c1-5(12)7-8(11-9(7)13)6-3-2-4-15-10(6)14/h5-8,12H,2-4H2,1H3,(H,11,13)/t5-,6?,7-,8-/m1/s1. The van der Waals surface area contributed by atoms with Gasteiger partial charge in [0.2, 0.25) is 5.91 Å². The number of carbonyl (C=O) groups excluding carboxylic acids is 2. The van der Waals surface area contributed by atoms with Crippen molar-refractivity contribution in [1.29, 1.82) is 0 Å². The number of rotatable bonds is 2. The highest BCUT2D eigenvalue weighted by Gasteiger charge is 2.48. The van der Waals surface area contributed by atoms with E-state index in [-0.39, 0.29) is 23.0 Å². The van der Waals surface area contributed by atoms with Crippen molar-refractivity contribution in [3.63, 3.8) is 0 Å². The molecular formula is C10H15NO3S. The SMILES string of the molecule is C[C@@H](O)[C@H]1C(=O)N[C@@H]1C1CCCSC1=O. The minimum atomic E-state index is -0.663. The number of hydrogen-bond acceptors (Lipinski definition) is 4. The molecule has 0 bridgehead atoms. The minimum absolute atomic E-state index is 0.0963. The Morgan fingerprint density at radius 2 is 2.27 bits per heavy atom. The Labute approximate surface area is 92.8 Å². The second-order valence-electron chi connectivity index (χ2n) is 4.22. The highest BCUT2D eigenvalue weighted by Crippen LogP contribution is 2.34. The van der Waals surface area contributed by atoms with Crippen LogP contribution in [0.1, 0.15) is 19.8 Å². The van der Waals surface area contributed by atoms with Crippen molar-refractivity contribution < 1.29 is 14.7 Å². The Morgan fingerprint density at radius 3 is 2.80 bits per heavy atom. The molecule has 4 nitrogen and oxygen atoms in total. The van der Waals surface area contributed by atoms with Gasteiger partial charge in [0.15, 0.2) is 5.12 Å². The number of nitrogens with one attached hydrogen (secondary N) is 1. The number of amides is 1. The first-order valence-corrected chi connectivity index (χ1v) is 6.25. The third-order valence-corrected chi connectivity index (χ3v) is 4.24. The lowest BCUT2D eigenvalue weighted by Crippen LogP contribution is -2.65. The Kier molecular flexibility index (Phi) is 3.02. The molecule has 0 radical (unpaired) electrons. The van der Waals surface area contributed by atoms with Gasteiger partial charge in [-0.25, -0.2) is 0 Å². The number of β-lactam (4-membered cyclic amide) rings is 1. The highest BCUT2D eigenvalue weighted by atomic mass is 32.2. The van der Waals surface area contributed by atoms with E-state index < -0.39 is 12.0 Å². The zero-order valence-electron chi connectivity index (χ0n) is 8.60. The van der Waals surface area contributed by atoms with Gasteiger partial charge in [0, 0.05) is 11.7 Å². The number of thioether (sulfide) groups is 1. The summed E-state index contributed by atoms with van der Waals surface area (Å²) in [6.45, 7) is 1.61. The summed E-state index contributed by atoms with van der Waals surface area (Å²) in [5.41, 5.74) is 0. The molecular weight excluding hydrogens is 214 g/mol. The minimum Gasteiger partial charge on any atom is -0.393 e. The molecule has 0 aromatic rings. The second kappa shape index (κ2) is 4.14. The maximum absolute atomic E-state index is 11.6. The largest absolute Gasteiger partial charge is 0.393 e. The van der Waals surface area contributed by atoms with Gasteiger partial charge >= 0.3 is 0 Å². The first kappa shape index (κ1) is 11.0. The van der Waals surface area contributed by atoms with Crippen molar-refractivity contribution in [2.45, 2.75) is 31.9 Å². The van der Waals surface area contributed by atoms with Crippen molar-refractivity contribution in [2.24, 2.45) is 11.8 Å². The first-order chi connectivity index (χ1) is 7.11. The highest BCUT2D eigenvalue weighted by molar-refractivity contribution is 8.13. The van der Waals surface area contributed by atoms with Crippen LogP contribution in [0.25, 0.3) is 0 Å². The fraction of sp³-hybridized carbons (Fsp3) is 0.800. The topological polar surface area (TPSA) is 66.4 Å². The molecule has 0 aromatic carbocycles. The predicted octanol–water partition coefficient (Wildman–Crippen LogP) is 0.152.